The molecule has 0 saturated heterocycles. The molecule has 0 radical (unpaired) electrons. The molecule has 5 heteroatoms. The van der Waals surface area contributed by atoms with Crippen molar-refractivity contribution >= 4 is 0 Å². The highest BCUT2D eigenvalue weighted by atomic mass is 19.3. The van der Waals surface area contributed by atoms with Gasteiger partial charge >= 0.3 is 0 Å². The summed E-state index contributed by atoms with van der Waals surface area (Å²) in [5.74, 6) is 0. The fourth-order valence-corrected chi connectivity index (χ4v) is 1.28. The summed E-state index contributed by atoms with van der Waals surface area (Å²) < 4.78 is 25.2. The lowest BCUT2D eigenvalue weighted by atomic mass is 10.0. The third-order valence-electron chi connectivity index (χ3n) is 1.99. The van der Waals surface area contributed by atoms with Crippen molar-refractivity contribution in [2.24, 2.45) is 0 Å². The molecule has 0 saturated carbocycles. The SMILES string of the molecule is Cc1ncc(CC#N)c(C#N)c1C(F)F. The van der Waals surface area contributed by atoms with Gasteiger partial charge in [0.25, 0.3) is 6.43 Å². The number of aryl methyl sites for hydroxylation is 1. The Morgan fingerprint density at radius 1 is 1.47 bits per heavy atom. The Labute approximate surface area is 85.6 Å². The van der Waals surface area contributed by atoms with Gasteiger partial charge in [-0.25, -0.2) is 8.78 Å². The first-order chi connectivity index (χ1) is 7.11. The number of nitriles is 2. The summed E-state index contributed by atoms with van der Waals surface area (Å²) in [5, 5.41) is 17.2. The monoisotopic (exact) mass is 207 g/mol. The summed E-state index contributed by atoms with van der Waals surface area (Å²) in [6.45, 7) is 1.42. The molecule has 0 amide bonds. The number of halogens is 2. The van der Waals surface area contributed by atoms with Gasteiger partial charge in [-0.05, 0) is 6.92 Å². The van der Waals surface area contributed by atoms with Gasteiger partial charge in [0.1, 0.15) is 6.07 Å². The Morgan fingerprint density at radius 2 is 2.13 bits per heavy atom. The van der Waals surface area contributed by atoms with Crippen LogP contribution in [-0.4, -0.2) is 4.98 Å². The molecule has 76 valence electrons. The first kappa shape index (κ1) is 11.1. The van der Waals surface area contributed by atoms with Crippen molar-refractivity contribution in [1.29, 1.82) is 10.5 Å². The third kappa shape index (κ3) is 2.08. The number of hydrogen-bond donors (Lipinski definition) is 0. The molecule has 0 spiro atoms. The molecule has 15 heavy (non-hydrogen) atoms. The number of alkyl halides is 2. The zero-order valence-electron chi connectivity index (χ0n) is 7.96. The van der Waals surface area contributed by atoms with Crippen molar-refractivity contribution in [3.05, 3.63) is 28.6 Å². The normalized spacial score (nSPS) is 9.73. The molecular formula is C10H7F2N3. The number of rotatable bonds is 2. The lowest BCUT2D eigenvalue weighted by Crippen LogP contribution is -2.02. The first-order valence-corrected chi connectivity index (χ1v) is 4.15. The Hall–Kier alpha value is -2.01. The summed E-state index contributed by atoms with van der Waals surface area (Å²) in [6.07, 6.45) is -1.54. The maximum atomic E-state index is 12.6. The van der Waals surface area contributed by atoms with E-state index in [1.54, 1.807) is 6.07 Å². The molecule has 1 aromatic rings. The molecule has 3 nitrogen and oxygen atoms in total. The van der Waals surface area contributed by atoms with Crippen LogP contribution < -0.4 is 0 Å². The van der Waals surface area contributed by atoms with Crippen LogP contribution in [0.3, 0.4) is 0 Å². The highest BCUT2D eigenvalue weighted by Crippen LogP contribution is 2.27. The summed E-state index contributed by atoms with van der Waals surface area (Å²) in [4.78, 5) is 3.75. The standard InChI is InChI=1S/C10H7F2N3/c1-6-9(10(11)12)8(4-14)7(2-3-13)5-15-6/h5,10H,2H2,1H3. The van der Waals surface area contributed by atoms with Crippen LogP contribution >= 0.6 is 0 Å². The van der Waals surface area contributed by atoms with E-state index in [2.05, 4.69) is 4.98 Å². The molecule has 0 aliphatic rings. The van der Waals surface area contributed by atoms with Gasteiger partial charge < -0.3 is 0 Å². The van der Waals surface area contributed by atoms with Crippen LogP contribution in [0, 0.1) is 29.6 Å². The number of hydrogen-bond acceptors (Lipinski definition) is 3. The quantitative estimate of drug-likeness (QED) is 0.747. The van der Waals surface area contributed by atoms with Crippen LogP contribution in [0.1, 0.15) is 28.8 Å². The first-order valence-electron chi connectivity index (χ1n) is 4.15. The van der Waals surface area contributed by atoms with E-state index in [9.17, 15) is 8.78 Å². The second-order valence-corrected chi connectivity index (χ2v) is 2.90. The van der Waals surface area contributed by atoms with E-state index in [-0.39, 0.29) is 28.8 Å². The molecule has 0 N–H and O–H groups in total. The van der Waals surface area contributed by atoms with Crippen LogP contribution in [0.4, 0.5) is 8.78 Å². The van der Waals surface area contributed by atoms with Gasteiger partial charge in [0, 0.05) is 17.5 Å². The molecule has 0 atom stereocenters. The molecule has 0 aliphatic heterocycles. The zero-order valence-corrected chi connectivity index (χ0v) is 7.96. The Balaban J connectivity index is 3.43. The van der Waals surface area contributed by atoms with Crippen LogP contribution in [0.25, 0.3) is 0 Å². The second-order valence-electron chi connectivity index (χ2n) is 2.90. The van der Waals surface area contributed by atoms with Crippen LogP contribution in [0.15, 0.2) is 6.20 Å². The van der Waals surface area contributed by atoms with Gasteiger partial charge in [0.05, 0.1) is 23.6 Å². The Kier molecular flexibility index (Phi) is 3.30. The van der Waals surface area contributed by atoms with Crippen molar-refractivity contribution in [2.45, 2.75) is 19.8 Å². The molecular weight excluding hydrogens is 200 g/mol. The summed E-state index contributed by atoms with van der Waals surface area (Å²) in [7, 11) is 0. The number of pyridine rings is 1. The van der Waals surface area contributed by atoms with E-state index < -0.39 is 6.43 Å². The van der Waals surface area contributed by atoms with Crippen molar-refractivity contribution in [1.82, 2.24) is 4.98 Å². The molecule has 0 aliphatic carbocycles. The second kappa shape index (κ2) is 4.47. The fraction of sp³-hybridized carbons (Fsp3) is 0.300. The highest BCUT2D eigenvalue weighted by molar-refractivity contribution is 5.46. The maximum Gasteiger partial charge on any atom is 0.266 e. The molecule has 0 unspecified atom stereocenters. The van der Waals surface area contributed by atoms with Gasteiger partial charge in [-0.1, -0.05) is 0 Å². The van der Waals surface area contributed by atoms with E-state index in [0.717, 1.165) is 0 Å². The lowest BCUT2D eigenvalue weighted by Gasteiger charge is -2.08. The minimum absolute atomic E-state index is 0.0874. The largest absolute Gasteiger partial charge is 0.266 e. The number of aromatic nitrogens is 1. The average molecular weight is 207 g/mol. The Bertz CT molecular complexity index is 455. The molecule has 0 fully saturated rings. The predicted molar refractivity (Wildman–Crippen MR) is 48.0 cm³/mol. The maximum absolute atomic E-state index is 12.6. The van der Waals surface area contributed by atoms with Crippen LogP contribution in [0.2, 0.25) is 0 Å². The van der Waals surface area contributed by atoms with Gasteiger partial charge in [-0.3, -0.25) is 4.98 Å². The number of nitrogens with zero attached hydrogens (tertiary/aromatic N) is 3. The van der Waals surface area contributed by atoms with E-state index in [1.807, 2.05) is 6.07 Å². The highest BCUT2D eigenvalue weighted by Gasteiger charge is 2.19. The minimum atomic E-state index is -2.74. The smallest absolute Gasteiger partial charge is 0.261 e. The summed E-state index contributed by atoms with van der Waals surface area (Å²) >= 11 is 0. The van der Waals surface area contributed by atoms with E-state index in [1.165, 1.54) is 13.1 Å². The topological polar surface area (TPSA) is 60.5 Å². The molecule has 1 rings (SSSR count). The van der Waals surface area contributed by atoms with Gasteiger partial charge in [0.2, 0.25) is 0 Å². The van der Waals surface area contributed by atoms with Crippen LogP contribution in [0.5, 0.6) is 0 Å². The van der Waals surface area contributed by atoms with Crippen molar-refractivity contribution in [3.63, 3.8) is 0 Å². The van der Waals surface area contributed by atoms with Gasteiger partial charge in [-0.2, -0.15) is 10.5 Å². The molecule has 1 heterocycles. The molecule has 0 aromatic carbocycles. The zero-order chi connectivity index (χ0) is 11.4. The predicted octanol–water partition coefficient (Wildman–Crippen LogP) is 2.27. The fourth-order valence-electron chi connectivity index (χ4n) is 1.28. The Morgan fingerprint density at radius 3 is 2.60 bits per heavy atom. The lowest BCUT2D eigenvalue weighted by molar-refractivity contribution is 0.149. The van der Waals surface area contributed by atoms with Gasteiger partial charge in [0.15, 0.2) is 0 Å². The van der Waals surface area contributed by atoms with Crippen molar-refractivity contribution in [2.75, 3.05) is 0 Å². The van der Waals surface area contributed by atoms with Crippen molar-refractivity contribution in [3.8, 4) is 12.1 Å². The molecule has 0 bridgehead atoms. The van der Waals surface area contributed by atoms with E-state index in [4.69, 9.17) is 10.5 Å². The van der Waals surface area contributed by atoms with Crippen LogP contribution in [-0.2, 0) is 6.42 Å². The molecule has 1 aromatic heterocycles. The van der Waals surface area contributed by atoms with Gasteiger partial charge in [-0.15, -0.1) is 0 Å². The summed E-state index contributed by atoms with van der Waals surface area (Å²) in [6, 6.07) is 3.51. The third-order valence-corrected chi connectivity index (χ3v) is 1.99. The average Bonchev–Trinajstić information content (AvgIpc) is 2.19. The van der Waals surface area contributed by atoms with E-state index >= 15 is 0 Å². The minimum Gasteiger partial charge on any atom is -0.261 e. The van der Waals surface area contributed by atoms with Crippen molar-refractivity contribution < 1.29 is 8.78 Å². The summed E-state index contributed by atoms with van der Waals surface area (Å²) in [5.41, 5.74) is -0.117. The van der Waals surface area contributed by atoms with E-state index in [0.29, 0.717) is 0 Å².